The van der Waals surface area contributed by atoms with Gasteiger partial charge in [0, 0.05) is 46.3 Å². The van der Waals surface area contributed by atoms with Gasteiger partial charge in [0.2, 0.25) is 5.82 Å². The van der Waals surface area contributed by atoms with E-state index in [1.54, 1.807) is 7.11 Å². The Balaban J connectivity index is 1.66. The fourth-order valence-corrected chi connectivity index (χ4v) is 2.53. The Labute approximate surface area is 118 Å². The van der Waals surface area contributed by atoms with Crippen LogP contribution in [0.15, 0.2) is 4.52 Å². The van der Waals surface area contributed by atoms with E-state index in [0.29, 0.717) is 31.5 Å². The average Bonchev–Trinajstić information content (AvgIpc) is 2.93. The predicted molar refractivity (Wildman–Crippen MR) is 69.1 cm³/mol. The maximum atomic E-state index is 5.79. The molecule has 2 fully saturated rings. The molecule has 0 aliphatic carbocycles. The van der Waals surface area contributed by atoms with Crippen molar-refractivity contribution in [2.45, 2.75) is 37.6 Å². The van der Waals surface area contributed by atoms with E-state index in [0.717, 1.165) is 25.9 Å². The van der Waals surface area contributed by atoms with Gasteiger partial charge in [0.1, 0.15) is 12.2 Å². The van der Waals surface area contributed by atoms with Crippen LogP contribution in [0.2, 0.25) is 0 Å². The van der Waals surface area contributed by atoms with Gasteiger partial charge in [-0.05, 0) is 6.92 Å². The fourth-order valence-electron chi connectivity index (χ4n) is 2.53. The van der Waals surface area contributed by atoms with Crippen LogP contribution in [0.25, 0.3) is 0 Å². The number of aromatic nitrogens is 2. The minimum absolute atomic E-state index is 0.119. The SMILES string of the molecule is COC1(c2noc(COC3(C)CNC3)n2)CCOCC1. The molecular formula is C13H21N3O4. The van der Waals surface area contributed by atoms with Crippen molar-refractivity contribution in [1.29, 1.82) is 0 Å². The Kier molecular flexibility index (Phi) is 3.76. The number of hydrogen-bond donors (Lipinski definition) is 1. The van der Waals surface area contributed by atoms with Crippen LogP contribution < -0.4 is 5.32 Å². The summed E-state index contributed by atoms with van der Waals surface area (Å²) in [5.74, 6) is 1.09. The second-order valence-electron chi connectivity index (χ2n) is 5.66. The molecule has 1 aromatic rings. The zero-order valence-corrected chi connectivity index (χ0v) is 12.0. The Bertz CT molecular complexity index is 452. The van der Waals surface area contributed by atoms with Crippen LogP contribution in [-0.2, 0) is 26.4 Å². The second-order valence-corrected chi connectivity index (χ2v) is 5.66. The quantitative estimate of drug-likeness (QED) is 0.847. The van der Waals surface area contributed by atoms with Crippen molar-refractivity contribution in [2.24, 2.45) is 0 Å². The van der Waals surface area contributed by atoms with Crippen LogP contribution in [0, 0.1) is 0 Å². The van der Waals surface area contributed by atoms with Gasteiger partial charge in [-0.3, -0.25) is 0 Å². The highest BCUT2D eigenvalue weighted by Gasteiger charge is 2.39. The lowest BCUT2D eigenvalue weighted by Crippen LogP contribution is -2.58. The van der Waals surface area contributed by atoms with Crippen molar-refractivity contribution in [3.63, 3.8) is 0 Å². The van der Waals surface area contributed by atoms with E-state index in [9.17, 15) is 0 Å². The Morgan fingerprint density at radius 3 is 2.65 bits per heavy atom. The lowest BCUT2D eigenvalue weighted by molar-refractivity contribution is -0.101. The van der Waals surface area contributed by atoms with E-state index < -0.39 is 5.60 Å². The summed E-state index contributed by atoms with van der Waals surface area (Å²) in [6.45, 7) is 5.41. The first kappa shape index (κ1) is 13.9. The van der Waals surface area contributed by atoms with E-state index in [4.69, 9.17) is 18.7 Å². The number of nitrogens with zero attached hydrogens (tertiary/aromatic N) is 2. The van der Waals surface area contributed by atoms with Gasteiger partial charge in [-0.15, -0.1) is 0 Å². The largest absolute Gasteiger partial charge is 0.381 e. The standard InChI is InChI=1S/C13H21N3O4/c1-12(8-14-9-12)19-7-10-15-11(16-20-10)13(17-2)3-5-18-6-4-13/h14H,3-9H2,1-2H3. The third kappa shape index (κ3) is 2.58. The minimum Gasteiger partial charge on any atom is -0.381 e. The van der Waals surface area contributed by atoms with Crippen LogP contribution in [0.4, 0.5) is 0 Å². The summed E-state index contributed by atoms with van der Waals surface area (Å²) >= 11 is 0. The monoisotopic (exact) mass is 283 g/mol. The number of nitrogens with one attached hydrogen (secondary N) is 1. The fraction of sp³-hybridized carbons (Fsp3) is 0.846. The highest BCUT2D eigenvalue weighted by molar-refractivity contribution is 5.03. The van der Waals surface area contributed by atoms with Crippen molar-refractivity contribution in [1.82, 2.24) is 15.5 Å². The van der Waals surface area contributed by atoms with Crippen molar-refractivity contribution in [2.75, 3.05) is 33.4 Å². The summed E-state index contributed by atoms with van der Waals surface area (Å²) < 4.78 is 22.1. The number of hydrogen-bond acceptors (Lipinski definition) is 7. The van der Waals surface area contributed by atoms with Crippen LogP contribution in [-0.4, -0.2) is 49.2 Å². The lowest BCUT2D eigenvalue weighted by atomic mass is 9.93. The molecule has 3 rings (SSSR count). The molecule has 0 unspecified atom stereocenters. The molecule has 0 aromatic carbocycles. The summed E-state index contributed by atoms with van der Waals surface area (Å²) in [7, 11) is 1.68. The van der Waals surface area contributed by atoms with Crippen LogP contribution in [0.5, 0.6) is 0 Å². The van der Waals surface area contributed by atoms with Gasteiger partial charge in [-0.1, -0.05) is 5.16 Å². The molecule has 1 N–H and O–H groups in total. The normalized spacial score (nSPS) is 24.3. The topological polar surface area (TPSA) is 78.6 Å². The maximum absolute atomic E-state index is 5.79. The van der Waals surface area contributed by atoms with E-state index in [1.165, 1.54) is 0 Å². The Morgan fingerprint density at radius 1 is 1.30 bits per heavy atom. The molecule has 7 heteroatoms. The van der Waals surface area contributed by atoms with Crippen molar-refractivity contribution in [3.05, 3.63) is 11.7 Å². The van der Waals surface area contributed by atoms with Gasteiger partial charge >= 0.3 is 0 Å². The average molecular weight is 283 g/mol. The van der Waals surface area contributed by atoms with Gasteiger partial charge in [-0.2, -0.15) is 4.98 Å². The first-order valence-electron chi connectivity index (χ1n) is 6.96. The molecule has 0 amide bonds. The van der Waals surface area contributed by atoms with Gasteiger partial charge in [-0.25, -0.2) is 0 Å². The summed E-state index contributed by atoms with van der Waals surface area (Å²) in [5.41, 5.74) is -0.603. The maximum Gasteiger partial charge on any atom is 0.252 e. The van der Waals surface area contributed by atoms with Crippen LogP contribution in [0.1, 0.15) is 31.5 Å². The molecule has 112 valence electrons. The molecule has 1 aromatic heterocycles. The second kappa shape index (κ2) is 5.40. The Hall–Kier alpha value is -1.02. The molecule has 3 heterocycles. The van der Waals surface area contributed by atoms with Gasteiger partial charge in [0.25, 0.3) is 5.89 Å². The van der Waals surface area contributed by atoms with Gasteiger partial charge in [0.15, 0.2) is 0 Å². The zero-order chi connectivity index (χ0) is 14.1. The van der Waals surface area contributed by atoms with E-state index in [2.05, 4.69) is 22.4 Å². The first-order valence-corrected chi connectivity index (χ1v) is 6.96. The van der Waals surface area contributed by atoms with Crippen molar-refractivity contribution in [3.8, 4) is 0 Å². The van der Waals surface area contributed by atoms with Crippen molar-refractivity contribution < 1.29 is 18.7 Å². The highest BCUT2D eigenvalue weighted by atomic mass is 16.5. The molecule has 0 spiro atoms. The van der Waals surface area contributed by atoms with Crippen LogP contribution in [0.3, 0.4) is 0 Å². The highest BCUT2D eigenvalue weighted by Crippen LogP contribution is 2.33. The lowest BCUT2D eigenvalue weighted by Gasteiger charge is -2.38. The van der Waals surface area contributed by atoms with Crippen LogP contribution >= 0.6 is 0 Å². The molecule has 2 aliphatic heterocycles. The third-order valence-corrected chi connectivity index (χ3v) is 4.11. The molecule has 2 saturated heterocycles. The number of methoxy groups -OCH3 is 1. The molecule has 0 radical (unpaired) electrons. The first-order chi connectivity index (χ1) is 9.66. The number of ether oxygens (including phenoxy) is 3. The van der Waals surface area contributed by atoms with E-state index in [1.807, 2.05) is 0 Å². The zero-order valence-electron chi connectivity index (χ0n) is 12.0. The Morgan fingerprint density at radius 2 is 2.05 bits per heavy atom. The summed E-state index contributed by atoms with van der Waals surface area (Å²) in [4.78, 5) is 4.43. The summed E-state index contributed by atoms with van der Waals surface area (Å²) in [6.07, 6.45) is 1.48. The number of rotatable bonds is 5. The van der Waals surface area contributed by atoms with E-state index in [-0.39, 0.29) is 5.60 Å². The summed E-state index contributed by atoms with van der Waals surface area (Å²) in [5, 5.41) is 7.25. The smallest absolute Gasteiger partial charge is 0.252 e. The van der Waals surface area contributed by atoms with Gasteiger partial charge < -0.3 is 24.1 Å². The summed E-state index contributed by atoms with van der Waals surface area (Å²) in [6, 6.07) is 0. The minimum atomic E-state index is -0.484. The predicted octanol–water partition coefficient (Wildman–Crippen LogP) is 0.600. The van der Waals surface area contributed by atoms with Crippen molar-refractivity contribution >= 4 is 0 Å². The molecule has 0 atom stereocenters. The molecule has 20 heavy (non-hydrogen) atoms. The molecule has 2 aliphatic rings. The molecule has 0 saturated carbocycles. The molecule has 0 bridgehead atoms. The van der Waals surface area contributed by atoms with Gasteiger partial charge in [0.05, 0.1) is 5.60 Å². The molecule has 7 nitrogen and oxygen atoms in total. The third-order valence-electron chi connectivity index (χ3n) is 4.11. The molecular weight excluding hydrogens is 262 g/mol. The van der Waals surface area contributed by atoms with E-state index >= 15 is 0 Å².